The van der Waals surface area contributed by atoms with Crippen LogP contribution in [0, 0.1) is 13.8 Å². The lowest BCUT2D eigenvalue weighted by molar-refractivity contribution is 0.0954. The van der Waals surface area contributed by atoms with E-state index in [9.17, 15) is 13.2 Å². The van der Waals surface area contributed by atoms with Gasteiger partial charge in [-0.1, -0.05) is 12.1 Å². The first-order valence-electron chi connectivity index (χ1n) is 8.80. The molecule has 0 unspecified atom stereocenters. The molecule has 146 valence electrons. The minimum absolute atomic E-state index is 0.106. The van der Waals surface area contributed by atoms with Crippen molar-refractivity contribution in [2.24, 2.45) is 0 Å². The van der Waals surface area contributed by atoms with Crippen LogP contribution in [0.4, 0.5) is 0 Å². The van der Waals surface area contributed by atoms with Crippen molar-refractivity contribution in [3.63, 3.8) is 0 Å². The summed E-state index contributed by atoms with van der Waals surface area (Å²) in [5, 5.41) is 2.72. The normalized spacial score (nSPS) is 11.4. The number of benzene rings is 2. The van der Waals surface area contributed by atoms with Crippen LogP contribution in [0.25, 0.3) is 5.69 Å². The van der Waals surface area contributed by atoms with Crippen LogP contribution in [0.2, 0.25) is 0 Å². The molecular weight excluding hydrogens is 376 g/mol. The second-order valence-electron chi connectivity index (χ2n) is 6.44. The molecule has 1 aromatic heterocycles. The van der Waals surface area contributed by atoms with E-state index in [2.05, 4.69) is 15.0 Å². The topological polar surface area (TPSA) is 93.1 Å². The van der Waals surface area contributed by atoms with Crippen molar-refractivity contribution in [3.8, 4) is 5.69 Å². The molecule has 0 aliphatic rings. The fourth-order valence-corrected chi connectivity index (χ4v) is 4.09. The van der Waals surface area contributed by atoms with Crippen molar-refractivity contribution in [1.29, 1.82) is 0 Å². The molecule has 3 rings (SSSR count). The Labute approximate surface area is 164 Å². The van der Waals surface area contributed by atoms with Crippen molar-refractivity contribution >= 4 is 15.9 Å². The molecule has 8 heteroatoms. The fraction of sp³-hybridized carbons (Fsp3) is 0.200. The van der Waals surface area contributed by atoms with Crippen LogP contribution >= 0.6 is 0 Å². The Morgan fingerprint density at radius 1 is 1.07 bits per heavy atom. The lowest BCUT2D eigenvalue weighted by atomic mass is 10.2. The number of sulfonamides is 1. The number of carbonyl (C=O) groups is 1. The van der Waals surface area contributed by atoms with Gasteiger partial charge in [-0.3, -0.25) is 4.79 Å². The third kappa shape index (κ3) is 4.65. The van der Waals surface area contributed by atoms with Crippen molar-refractivity contribution in [2.75, 3.05) is 13.1 Å². The second kappa shape index (κ2) is 8.37. The number of amides is 1. The molecule has 0 spiro atoms. The number of aryl methyl sites for hydroxylation is 2. The summed E-state index contributed by atoms with van der Waals surface area (Å²) in [4.78, 5) is 16.5. The predicted molar refractivity (Wildman–Crippen MR) is 107 cm³/mol. The van der Waals surface area contributed by atoms with E-state index in [0.717, 1.165) is 11.3 Å². The quantitative estimate of drug-likeness (QED) is 0.597. The lowest BCUT2D eigenvalue weighted by Gasteiger charge is -2.11. The zero-order valence-electron chi connectivity index (χ0n) is 15.7. The van der Waals surface area contributed by atoms with Crippen LogP contribution in [-0.2, 0) is 10.0 Å². The first-order chi connectivity index (χ1) is 13.4. The molecule has 0 aliphatic carbocycles. The molecule has 0 fully saturated rings. The number of nitrogens with one attached hydrogen (secondary N) is 2. The first kappa shape index (κ1) is 19.8. The third-order valence-corrected chi connectivity index (χ3v) is 5.87. The highest BCUT2D eigenvalue weighted by atomic mass is 32.2. The largest absolute Gasteiger partial charge is 0.351 e. The molecule has 0 bridgehead atoms. The Balaban J connectivity index is 1.53. The van der Waals surface area contributed by atoms with Crippen molar-refractivity contribution in [1.82, 2.24) is 19.6 Å². The molecule has 0 saturated heterocycles. The van der Waals surface area contributed by atoms with E-state index in [4.69, 9.17) is 0 Å². The van der Waals surface area contributed by atoms with Crippen molar-refractivity contribution < 1.29 is 13.2 Å². The van der Waals surface area contributed by atoms with Gasteiger partial charge in [0.2, 0.25) is 10.0 Å². The van der Waals surface area contributed by atoms with Crippen LogP contribution in [0.15, 0.2) is 66.1 Å². The molecule has 3 aromatic rings. The van der Waals surface area contributed by atoms with Crippen LogP contribution in [-0.4, -0.2) is 37.0 Å². The van der Waals surface area contributed by atoms with Crippen LogP contribution in [0.1, 0.15) is 21.5 Å². The highest BCUT2D eigenvalue weighted by molar-refractivity contribution is 7.89. The minimum Gasteiger partial charge on any atom is -0.351 e. The number of hydrogen-bond donors (Lipinski definition) is 2. The molecule has 7 nitrogen and oxygen atoms in total. The minimum atomic E-state index is -3.62. The van der Waals surface area contributed by atoms with Crippen LogP contribution in [0.5, 0.6) is 0 Å². The summed E-state index contributed by atoms with van der Waals surface area (Å²) in [6.07, 6.45) is 5.17. The summed E-state index contributed by atoms with van der Waals surface area (Å²) >= 11 is 0. The molecular formula is C20H22N4O3S. The molecule has 2 N–H and O–H groups in total. The maximum Gasteiger partial charge on any atom is 0.251 e. The fourth-order valence-electron chi connectivity index (χ4n) is 2.73. The number of carbonyl (C=O) groups excluding carboxylic acids is 1. The third-order valence-electron chi connectivity index (χ3n) is 4.27. The second-order valence-corrected chi connectivity index (χ2v) is 8.17. The van der Waals surface area contributed by atoms with E-state index in [1.165, 1.54) is 0 Å². The van der Waals surface area contributed by atoms with Gasteiger partial charge in [0.15, 0.2) is 0 Å². The zero-order chi connectivity index (χ0) is 20.1. The van der Waals surface area contributed by atoms with Gasteiger partial charge in [-0.2, -0.15) is 0 Å². The molecule has 1 amide bonds. The molecule has 0 atom stereocenters. The van der Waals surface area contributed by atoms with Gasteiger partial charge in [0, 0.05) is 36.7 Å². The van der Waals surface area contributed by atoms with E-state index >= 15 is 0 Å². The van der Waals surface area contributed by atoms with E-state index in [1.807, 2.05) is 35.9 Å². The molecule has 0 saturated carbocycles. The molecule has 1 heterocycles. The Bertz CT molecular complexity index is 1060. The average molecular weight is 398 g/mol. The first-order valence-corrected chi connectivity index (χ1v) is 10.3. The number of aromatic nitrogens is 2. The monoisotopic (exact) mass is 398 g/mol. The Morgan fingerprint density at radius 3 is 2.50 bits per heavy atom. The lowest BCUT2D eigenvalue weighted by Crippen LogP contribution is -2.35. The smallest absolute Gasteiger partial charge is 0.251 e. The van der Waals surface area contributed by atoms with E-state index < -0.39 is 10.0 Å². The highest BCUT2D eigenvalue weighted by Crippen LogP contribution is 2.16. The summed E-state index contributed by atoms with van der Waals surface area (Å²) < 4.78 is 29.2. The van der Waals surface area contributed by atoms with Crippen molar-refractivity contribution in [2.45, 2.75) is 18.7 Å². The van der Waals surface area contributed by atoms with Crippen LogP contribution in [0.3, 0.4) is 0 Å². The molecule has 2 aromatic carbocycles. The van der Waals surface area contributed by atoms with Gasteiger partial charge in [0.25, 0.3) is 5.91 Å². The van der Waals surface area contributed by atoms with Crippen molar-refractivity contribution in [3.05, 3.63) is 77.9 Å². The SMILES string of the molecule is Cc1ccc(C)c(S(=O)(=O)NCCNC(=O)c2ccc(-n3ccnc3)cc2)c1. The van der Waals surface area contributed by atoms with E-state index in [0.29, 0.717) is 11.1 Å². The van der Waals surface area contributed by atoms with Gasteiger partial charge >= 0.3 is 0 Å². The van der Waals surface area contributed by atoms with Crippen LogP contribution < -0.4 is 10.0 Å². The summed E-state index contributed by atoms with van der Waals surface area (Å²) in [6, 6.07) is 12.3. The number of rotatable bonds is 7. The van der Waals surface area contributed by atoms with E-state index in [1.54, 1.807) is 43.7 Å². The molecule has 0 aliphatic heterocycles. The summed E-state index contributed by atoms with van der Waals surface area (Å²) in [6.45, 7) is 3.89. The predicted octanol–water partition coefficient (Wildman–Crippen LogP) is 2.20. The molecule has 0 radical (unpaired) electrons. The summed E-state index contributed by atoms with van der Waals surface area (Å²) in [5.41, 5.74) is 2.95. The van der Waals surface area contributed by atoms with Gasteiger partial charge in [-0.05, 0) is 55.3 Å². The number of nitrogens with zero attached hydrogens (tertiary/aromatic N) is 2. The molecule has 28 heavy (non-hydrogen) atoms. The Hall–Kier alpha value is -2.97. The van der Waals surface area contributed by atoms with Gasteiger partial charge in [-0.25, -0.2) is 18.1 Å². The Morgan fingerprint density at radius 2 is 1.82 bits per heavy atom. The van der Waals surface area contributed by atoms with Gasteiger partial charge in [-0.15, -0.1) is 0 Å². The van der Waals surface area contributed by atoms with Gasteiger partial charge in [0.1, 0.15) is 0 Å². The maximum absolute atomic E-state index is 12.4. The van der Waals surface area contributed by atoms with E-state index in [-0.39, 0.29) is 23.9 Å². The zero-order valence-corrected chi connectivity index (χ0v) is 16.5. The summed E-state index contributed by atoms with van der Waals surface area (Å²) in [7, 11) is -3.62. The highest BCUT2D eigenvalue weighted by Gasteiger charge is 2.16. The summed E-state index contributed by atoms with van der Waals surface area (Å²) in [5.74, 6) is -0.261. The average Bonchev–Trinajstić information content (AvgIpc) is 3.22. The Kier molecular flexibility index (Phi) is 5.91. The van der Waals surface area contributed by atoms with Gasteiger partial charge in [0.05, 0.1) is 11.2 Å². The number of hydrogen-bond acceptors (Lipinski definition) is 4. The number of imidazole rings is 1. The standard InChI is InChI=1S/C20H22N4O3S/c1-15-3-4-16(2)19(13-15)28(26,27)23-10-9-22-20(25)17-5-7-18(8-6-17)24-12-11-21-14-24/h3-8,11-14,23H,9-10H2,1-2H3,(H,22,25). The van der Waals surface area contributed by atoms with Gasteiger partial charge < -0.3 is 9.88 Å². The maximum atomic E-state index is 12.4.